The number of aromatic nitrogens is 3. The Bertz CT molecular complexity index is 1080. The van der Waals surface area contributed by atoms with Gasteiger partial charge in [0.25, 0.3) is 0 Å². The second kappa shape index (κ2) is 7.99. The summed E-state index contributed by atoms with van der Waals surface area (Å²) in [5.74, 6) is 0.178. The van der Waals surface area contributed by atoms with Gasteiger partial charge in [0.2, 0.25) is 0 Å². The fourth-order valence-electron chi connectivity index (χ4n) is 3.32. The Morgan fingerprint density at radius 1 is 1.32 bits per heavy atom. The van der Waals surface area contributed by atoms with Gasteiger partial charge in [0.1, 0.15) is 16.7 Å². The Morgan fingerprint density at radius 2 is 2.06 bits per heavy atom. The summed E-state index contributed by atoms with van der Waals surface area (Å²) in [4.78, 5) is 43.5. The molecule has 0 aromatic carbocycles. The molecule has 1 aliphatic carbocycles. The van der Waals surface area contributed by atoms with E-state index < -0.39 is 11.7 Å². The summed E-state index contributed by atoms with van der Waals surface area (Å²) in [6.07, 6.45) is 5.77. The predicted molar refractivity (Wildman–Crippen MR) is 116 cm³/mol. The number of carbonyl (C=O) groups is 3. The predicted octanol–water partition coefficient (Wildman–Crippen LogP) is 3.47. The molecule has 3 heterocycles. The van der Waals surface area contributed by atoms with E-state index in [1.807, 2.05) is 26.8 Å². The number of allylic oxidation sites excluding steroid dienone is 1. The maximum absolute atomic E-state index is 13.1. The first-order chi connectivity index (χ1) is 14.7. The molecule has 0 bridgehead atoms. The average molecular weight is 445 g/mol. The van der Waals surface area contributed by atoms with Crippen molar-refractivity contribution >= 4 is 46.5 Å². The smallest absolute Gasteiger partial charge is 0.416 e. The first kappa shape index (κ1) is 21.4. The third-order valence-corrected chi connectivity index (χ3v) is 6.16. The summed E-state index contributed by atoms with van der Waals surface area (Å²) in [7, 11) is 1.36. The molecule has 1 aliphatic heterocycles. The molecule has 1 atom stereocenters. The van der Waals surface area contributed by atoms with Gasteiger partial charge < -0.3 is 9.47 Å². The lowest BCUT2D eigenvalue weighted by molar-refractivity contribution is -0.139. The molecule has 9 nitrogen and oxygen atoms in total. The molecule has 0 radical (unpaired) electrons. The van der Waals surface area contributed by atoms with E-state index in [2.05, 4.69) is 10.1 Å². The quantitative estimate of drug-likeness (QED) is 0.510. The number of esters is 1. The molecule has 1 amide bonds. The van der Waals surface area contributed by atoms with Crippen LogP contribution >= 0.6 is 11.8 Å². The van der Waals surface area contributed by atoms with Crippen LogP contribution in [0.2, 0.25) is 0 Å². The summed E-state index contributed by atoms with van der Waals surface area (Å²) in [5, 5.41) is 3.95. The Kier molecular flexibility index (Phi) is 5.50. The SMILES string of the molecule is COC(=O)C1CC=C(c2cc(N(C(=O)OC(C)(C)C)C3CC3)n3ncc(C=O)c3n2)S1. The molecule has 1 saturated carbocycles. The van der Waals surface area contributed by atoms with Crippen LogP contribution in [0.15, 0.2) is 18.3 Å². The molecule has 4 rings (SSSR count). The highest BCUT2D eigenvalue weighted by molar-refractivity contribution is 8.09. The summed E-state index contributed by atoms with van der Waals surface area (Å²) >= 11 is 1.36. The van der Waals surface area contributed by atoms with Crippen molar-refractivity contribution in [3.05, 3.63) is 29.6 Å². The van der Waals surface area contributed by atoms with Gasteiger partial charge in [0.05, 0.1) is 24.6 Å². The highest BCUT2D eigenvalue weighted by Crippen LogP contribution is 2.41. The van der Waals surface area contributed by atoms with Crippen LogP contribution in [0.3, 0.4) is 0 Å². The van der Waals surface area contributed by atoms with E-state index in [0.717, 1.165) is 17.7 Å². The zero-order chi connectivity index (χ0) is 22.3. The zero-order valence-corrected chi connectivity index (χ0v) is 18.6. The number of aldehydes is 1. The van der Waals surface area contributed by atoms with Crippen molar-refractivity contribution in [3.8, 4) is 0 Å². The lowest BCUT2D eigenvalue weighted by Crippen LogP contribution is -2.39. The van der Waals surface area contributed by atoms with Gasteiger partial charge in [-0.2, -0.15) is 9.61 Å². The van der Waals surface area contributed by atoms with Gasteiger partial charge in [-0.05, 0) is 40.0 Å². The first-order valence-corrected chi connectivity index (χ1v) is 10.9. The van der Waals surface area contributed by atoms with E-state index in [1.165, 1.54) is 29.6 Å². The van der Waals surface area contributed by atoms with Crippen molar-refractivity contribution in [2.24, 2.45) is 0 Å². The normalized spacial score (nSPS) is 18.6. The molecule has 0 saturated heterocycles. The molecule has 2 aromatic rings. The number of thioether (sulfide) groups is 1. The van der Waals surface area contributed by atoms with Gasteiger partial charge in [-0.3, -0.25) is 14.5 Å². The molecule has 31 heavy (non-hydrogen) atoms. The summed E-state index contributed by atoms with van der Waals surface area (Å²) in [5.41, 5.74) is 0.571. The lowest BCUT2D eigenvalue weighted by atomic mass is 10.2. The van der Waals surface area contributed by atoms with Gasteiger partial charge in [0, 0.05) is 17.0 Å². The molecule has 1 unspecified atom stereocenters. The van der Waals surface area contributed by atoms with Crippen LogP contribution in [0.1, 0.15) is 56.1 Å². The number of anilines is 1. The fourth-order valence-corrected chi connectivity index (χ4v) is 4.43. The minimum absolute atomic E-state index is 0.00907. The van der Waals surface area contributed by atoms with Crippen LogP contribution in [-0.4, -0.2) is 56.9 Å². The number of hydrogen-bond donors (Lipinski definition) is 0. The second-order valence-electron chi connectivity index (χ2n) is 8.47. The third kappa shape index (κ3) is 4.30. The average Bonchev–Trinajstić information content (AvgIpc) is 3.26. The molecular weight excluding hydrogens is 420 g/mol. The Labute approximate surface area is 183 Å². The minimum Gasteiger partial charge on any atom is -0.468 e. The monoisotopic (exact) mass is 444 g/mol. The standard InChI is InChI=1S/C21H24N4O5S/c1-21(2,3)30-20(28)24(13-5-6-13)17-9-14(15-7-8-16(31-15)19(27)29-4)23-18-12(11-26)10-22-25(17)18/h7,9-11,13,16H,5-6,8H2,1-4H3. The number of hydrogen-bond acceptors (Lipinski definition) is 8. The van der Waals surface area contributed by atoms with E-state index >= 15 is 0 Å². The van der Waals surface area contributed by atoms with E-state index in [4.69, 9.17) is 9.47 Å². The maximum Gasteiger partial charge on any atom is 0.416 e. The van der Waals surface area contributed by atoms with Crippen LogP contribution in [0.25, 0.3) is 10.6 Å². The molecule has 2 aliphatic rings. The van der Waals surface area contributed by atoms with Crippen LogP contribution in [0.5, 0.6) is 0 Å². The van der Waals surface area contributed by atoms with Crippen molar-refractivity contribution in [2.45, 2.75) is 56.9 Å². The topological polar surface area (TPSA) is 103 Å². The van der Waals surface area contributed by atoms with E-state index in [0.29, 0.717) is 35.4 Å². The van der Waals surface area contributed by atoms with Gasteiger partial charge in [0.15, 0.2) is 11.9 Å². The largest absolute Gasteiger partial charge is 0.468 e. The number of methoxy groups -OCH3 is 1. The molecule has 2 aromatic heterocycles. The molecule has 0 N–H and O–H groups in total. The number of ether oxygens (including phenoxy) is 2. The fraction of sp³-hybridized carbons (Fsp3) is 0.476. The van der Waals surface area contributed by atoms with Crippen molar-refractivity contribution in [1.29, 1.82) is 0 Å². The van der Waals surface area contributed by atoms with Gasteiger partial charge >= 0.3 is 12.1 Å². The lowest BCUT2D eigenvalue weighted by Gasteiger charge is -2.27. The minimum atomic E-state index is -0.658. The Balaban J connectivity index is 1.79. The van der Waals surface area contributed by atoms with Gasteiger partial charge in [-0.25, -0.2) is 9.78 Å². The molecule has 10 heteroatoms. The molecule has 0 spiro atoms. The number of nitrogens with zero attached hydrogens (tertiary/aromatic N) is 4. The van der Waals surface area contributed by atoms with Crippen molar-refractivity contribution in [2.75, 3.05) is 12.0 Å². The molecule has 1 fully saturated rings. The van der Waals surface area contributed by atoms with E-state index in [9.17, 15) is 14.4 Å². The van der Waals surface area contributed by atoms with Crippen LogP contribution in [0, 0.1) is 0 Å². The summed E-state index contributed by atoms with van der Waals surface area (Å²) in [6, 6.07) is 1.75. The second-order valence-corrected chi connectivity index (χ2v) is 9.71. The van der Waals surface area contributed by atoms with Crippen LogP contribution < -0.4 is 4.90 Å². The highest BCUT2D eigenvalue weighted by Gasteiger charge is 2.39. The Hall–Kier alpha value is -2.88. The maximum atomic E-state index is 13.1. The van der Waals surface area contributed by atoms with Crippen molar-refractivity contribution in [3.63, 3.8) is 0 Å². The van der Waals surface area contributed by atoms with Gasteiger partial charge in [-0.15, -0.1) is 11.8 Å². The van der Waals surface area contributed by atoms with Crippen LogP contribution in [-0.2, 0) is 14.3 Å². The zero-order valence-electron chi connectivity index (χ0n) is 17.8. The van der Waals surface area contributed by atoms with E-state index in [-0.39, 0.29) is 17.3 Å². The van der Waals surface area contributed by atoms with Crippen LogP contribution in [0.4, 0.5) is 10.6 Å². The summed E-state index contributed by atoms with van der Waals surface area (Å²) < 4.78 is 12.0. The number of amides is 1. The van der Waals surface area contributed by atoms with E-state index in [1.54, 1.807) is 11.0 Å². The first-order valence-electron chi connectivity index (χ1n) is 10.0. The third-order valence-electron chi connectivity index (χ3n) is 4.86. The number of carbonyl (C=O) groups excluding carboxylic acids is 3. The molecular formula is C21H24N4O5S. The summed E-state index contributed by atoms with van der Waals surface area (Å²) in [6.45, 7) is 5.44. The molecule has 164 valence electrons. The highest BCUT2D eigenvalue weighted by atomic mass is 32.2. The van der Waals surface area contributed by atoms with Gasteiger partial charge in [-0.1, -0.05) is 6.08 Å². The number of rotatable bonds is 5. The van der Waals surface area contributed by atoms with Crippen molar-refractivity contribution in [1.82, 2.24) is 14.6 Å². The number of fused-ring (bicyclic) bond motifs is 1. The Morgan fingerprint density at radius 3 is 2.68 bits per heavy atom. The van der Waals surface area contributed by atoms with Crippen molar-refractivity contribution < 1.29 is 23.9 Å².